The summed E-state index contributed by atoms with van der Waals surface area (Å²) >= 11 is 0. The van der Waals surface area contributed by atoms with Crippen LogP contribution in [0.15, 0.2) is 54.7 Å². The summed E-state index contributed by atoms with van der Waals surface area (Å²) in [5.41, 5.74) is 6.72. The Hall–Kier alpha value is -3.15. The lowest BCUT2D eigenvalue weighted by Gasteiger charge is -2.28. The highest BCUT2D eigenvalue weighted by Gasteiger charge is 2.32. The van der Waals surface area contributed by atoms with Crippen LogP contribution in [0.1, 0.15) is 36.7 Å². The van der Waals surface area contributed by atoms with Gasteiger partial charge < -0.3 is 15.6 Å². The largest absolute Gasteiger partial charge is 0.368 e. The second kappa shape index (κ2) is 7.46. The molecule has 0 saturated heterocycles. The number of amides is 2. The van der Waals surface area contributed by atoms with Crippen LogP contribution < -0.4 is 11.1 Å². The summed E-state index contributed by atoms with van der Waals surface area (Å²) in [6.45, 7) is 5.80. The number of nitrogens with two attached hydrogens (primary N) is 1. The van der Waals surface area contributed by atoms with E-state index in [1.165, 1.54) is 6.07 Å². The van der Waals surface area contributed by atoms with Crippen molar-refractivity contribution >= 4 is 22.7 Å². The first-order valence-electron chi connectivity index (χ1n) is 9.10. The van der Waals surface area contributed by atoms with Crippen LogP contribution in [0.25, 0.3) is 10.9 Å². The number of para-hydroxylation sites is 1. The molecule has 0 aliphatic rings. The van der Waals surface area contributed by atoms with Crippen LogP contribution in [0, 0.1) is 11.2 Å². The summed E-state index contributed by atoms with van der Waals surface area (Å²) in [5.74, 6) is -1.27. The average Bonchev–Trinajstić information content (AvgIpc) is 2.99. The van der Waals surface area contributed by atoms with Gasteiger partial charge in [0.1, 0.15) is 11.9 Å². The molecule has 1 heterocycles. The average molecular weight is 381 g/mol. The van der Waals surface area contributed by atoms with Gasteiger partial charge in [0.15, 0.2) is 0 Å². The number of hydrogen-bond acceptors (Lipinski definition) is 2. The van der Waals surface area contributed by atoms with Gasteiger partial charge in [-0.3, -0.25) is 9.59 Å². The second-order valence-electron chi connectivity index (χ2n) is 7.95. The van der Waals surface area contributed by atoms with Crippen LogP contribution in [0.3, 0.4) is 0 Å². The smallest absolute Gasteiger partial charge is 0.254 e. The van der Waals surface area contributed by atoms with E-state index in [1.807, 2.05) is 49.6 Å². The zero-order valence-electron chi connectivity index (χ0n) is 16.2. The van der Waals surface area contributed by atoms with Crippen molar-refractivity contribution < 1.29 is 14.0 Å². The molecule has 0 aliphatic carbocycles. The lowest BCUT2D eigenvalue weighted by atomic mass is 9.86. The van der Waals surface area contributed by atoms with Crippen LogP contribution in [0.5, 0.6) is 0 Å². The number of nitrogens with one attached hydrogen (secondary N) is 1. The van der Waals surface area contributed by atoms with E-state index < -0.39 is 17.4 Å². The van der Waals surface area contributed by atoms with Gasteiger partial charge in [-0.25, -0.2) is 4.39 Å². The molecule has 3 N–H and O–H groups in total. The molecule has 0 radical (unpaired) electrons. The predicted molar refractivity (Wildman–Crippen MR) is 107 cm³/mol. The molecule has 2 amide bonds. The van der Waals surface area contributed by atoms with Crippen LogP contribution in [-0.2, 0) is 11.3 Å². The first-order chi connectivity index (χ1) is 13.2. The number of primary amides is 1. The van der Waals surface area contributed by atoms with Crippen LogP contribution in [0.4, 0.5) is 4.39 Å². The Bertz CT molecular complexity index is 1030. The molecule has 0 spiro atoms. The Kier molecular flexibility index (Phi) is 5.23. The Morgan fingerprint density at radius 2 is 1.75 bits per heavy atom. The van der Waals surface area contributed by atoms with Crippen molar-refractivity contribution in [3.63, 3.8) is 0 Å². The van der Waals surface area contributed by atoms with Crippen molar-refractivity contribution in [2.24, 2.45) is 11.1 Å². The van der Waals surface area contributed by atoms with E-state index in [1.54, 1.807) is 24.4 Å². The Balaban J connectivity index is 1.99. The summed E-state index contributed by atoms with van der Waals surface area (Å²) in [6.07, 6.45) is 1.69. The normalized spacial score (nSPS) is 12.7. The monoisotopic (exact) mass is 381 g/mol. The van der Waals surface area contributed by atoms with Crippen molar-refractivity contribution in [2.75, 3.05) is 0 Å². The highest BCUT2D eigenvalue weighted by atomic mass is 19.1. The van der Waals surface area contributed by atoms with Gasteiger partial charge >= 0.3 is 0 Å². The lowest BCUT2D eigenvalue weighted by Crippen LogP contribution is -2.52. The minimum Gasteiger partial charge on any atom is -0.368 e. The molecule has 0 bridgehead atoms. The Morgan fingerprint density at radius 3 is 2.39 bits per heavy atom. The molecule has 1 atom stereocenters. The highest BCUT2D eigenvalue weighted by molar-refractivity contribution is 6.08. The number of nitrogens with zero attached hydrogens (tertiary/aromatic N) is 1. The van der Waals surface area contributed by atoms with Crippen molar-refractivity contribution in [1.82, 2.24) is 9.88 Å². The lowest BCUT2D eigenvalue weighted by molar-refractivity contribution is -0.122. The molecule has 0 unspecified atom stereocenters. The van der Waals surface area contributed by atoms with Gasteiger partial charge in [0.2, 0.25) is 5.91 Å². The van der Waals surface area contributed by atoms with E-state index in [2.05, 4.69) is 5.32 Å². The van der Waals surface area contributed by atoms with E-state index >= 15 is 0 Å². The zero-order valence-corrected chi connectivity index (χ0v) is 16.2. The maximum absolute atomic E-state index is 14.1. The van der Waals surface area contributed by atoms with E-state index in [9.17, 15) is 14.0 Å². The van der Waals surface area contributed by atoms with Crippen LogP contribution >= 0.6 is 0 Å². The molecule has 1 aromatic heterocycles. The van der Waals surface area contributed by atoms with Gasteiger partial charge in [0.05, 0.1) is 12.1 Å². The van der Waals surface area contributed by atoms with E-state index in [0.717, 1.165) is 10.9 Å². The third-order valence-corrected chi connectivity index (χ3v) is 4.76. The molecular formula is C22H24FN3O2. The Labute approximate surface area is 163 Å². The number of halogens is 1. The number of carbonyl (C=O) groups is 2. The topological polar surface area (TPSA) is 77.1 Å². The van der Waals surface area contributed by atoms with E-state index in [4.69, 9.17) is 5.73 Å². The predicted octanol–water partition coefficient (Wildman–Crippen LogP) is 3.46. The standard InChI is InChI=1S/C22H24FN3O2/c1-22(2,3)19(20(24)27)25-21(28)16-13-26(18-11-7-5-9-15(16)18)12-14-8-4-6-10-17(14)23/h4-11,13,19H,12H2,1-3H3,(H2,24,27)(H,25,28)/t19-/m1/s1. The quantitative estimate of drug-likeness (QED) is 0.710. The van der Waals surface area contributed by atoms with Gasteiger partial charge in [0.25, 0.3) is 5.91 Å². The maximum atomic E-state index is 14.1. The number of hydrogen-bond donors (Lipinski definition) is 2. The second-order valence-corrected chi connectivity index (χ2v) is 7.95. The molecule has 0 saturated carbocycles. The van der Waals surface area contributed by atoms with E-state index in [-0.39, 0.29) is 11.7 Å². The van der Waals surface area contributed by atoms with Crippen LogP contribution in [0.2, 0.25) is 0 Å². The summed E-state index contributed by atoms with van der Waals surface area (Å²) in [7, 11) is 0. The number of carbonyl (C=O) groups excluding carboxylic acids is 2. The molecule has 146 valence electrons. The van der Waals surface area contributed by atoms with Gasteiger partial charge in [-0.1, -0.05) is 57.2 Å². The molecule has 3 aromatic rings. The van der Waals surface area contributed by atoms with Gasteiger partial charge in [-0.15, -0.1) is 0 Å². The summed E-state index contributed by atoms with van der Waals surface area (Å²) in [4.78, 5) is 24.8. The zero-order chi connectivity index (χ0) is 20.5. The molecule has 0 fully saturated rings. The summed E-state index contributed by atoms with van der Waals surface area (Å²) in [5, 5.41) is 3.48. The summed E-state index contributed by atoms with van der Waals surface area (Å²) in [6, 6.07) is 13.1. The van der Waals surface area contributed by atoms with Crippen molar-refractivity contribution in [3.8, 4) is 0 Å². The number of rotatable bonds is 5. The van der Waals surface area contributed by atoms with E-state index in [0.29, 0.717) is 17.7 Å². The molecule has 3 rings (SSSR count). The molecule has 0 aliphatic heterocycles. The number of aromatic nitrogens is 1. The molecule has 2 aromatic carbocycles. The van der Waals surface area contributed by atoms with Gasteiger partial charge in [-0.05, 0) is 17.5 Å². The minimum absolute atomic E-state index is 0.291. The van der Waals surface area contributed by atoms with Crippen LogP contribution in [-0.4, -0.2) is 22.4 Å². The Morgan fingerprint density at radius 1 is 1.11 bits per heavy atom. The first-order valence-corrected chi connectivity index (χ1v) is 9.10. The summed E-state index contributed by atoms with van der Waals surface area (Å²) < 4.78 is 15.9. The fourth-order valence-electron chi connectivity index (χ4n) is 3.29. The van der Waals surface area contributed by atoms with Gasteiger partial charge in [0, 0.05) is 22.7 Å². The molecule has 28 heavy (non-hydrogen) atoms. The highest BCUT2D eigenvalue weighted by Crippen LogP contribution is 2.25. The molecular weight excluding hydrogens is 357 g/mol. The third kappa shape index (κ3) is 3.91. The van der Waals surface area contributed by atoms with Gasteiger partial charge in [-0.2, -0.15) is 0 Å². The fourth-order valence-corrected chi connectivity index (χ4v) is 3.29. The maximum Gasteiger partial charge on any atom is 0.254 e. The number of benzene rings is 2. The van der Waals surface area contributed by atoms with Crippen molar-refractivity contribution in [3.05, 3.63) is 71.7 Å². The number of fused-ring (bicyclic) bond motifs is 1. The van der Waals surface area contributed by atoms with Crippen molar-refractivity contribution in [1.29, 1.82) is 0 Å². The third-order valence-electron chi connectivity index (χ3n) is 4.76. The fraction of sp³-hybridized carbons (Fsp3) is 0.273. The first kappa shape index (κ1) is 19.6. The minimum atomic E-state index is -0.811. The molecule has 6 heteroatoms. The van der Waals surface area contributed by atoms with Crippen molar-refractivity contribution in [2.45, 2.75) is 33.4 Å². The SMILES string of the molecule is CC(C)(C)[C@H](NC(=O)c1cn(Cc2ccccc2F)c2ccccc12)C(N)=O. The molecule has 5 nitrogen and oxygen atoms in total.